The van der Waals surface area contributed by atoms with Crippen LogP contribution in [0.1, 0.15) is 0 Å². The quantitative estimate of drug-likeness (QED) is 0.690. The van der Waals surface area contributed by atoms with Gasteiger partial charge in [0.25, 0.3) is 0 Å². The van der Waals surface area contributed by atoms with Gasteiger partial charge in [-0.15, -0.1) is 0 Å². The molecule has 0 saturated carbocycles. The number of halogens is 1. The fourth-order valence-corrected chi connectivity index (χ4v) is 1.95. The van der Waals surface area contributed by atoms with Crippen LogP contribution in [0.3, 0.4) is 0 Å². The highest BCUT2D eigenvalue weighted by molar-refractivity contribution is 7.93. The molecular weight excluding hydrogens is 194 g/mol. The molecule has 0 radical (unpaired) electrons. The summed E-state index contributed by atoms with van der Waals surface area (Å²) in [5, 5.41) is 0.589. The SMILES string of the molecule is CN=[S@](C)(=O)c1cccc(Cl)c1. The molecule has 1 aromatic rings. The predicted molar refractivity (Wildman–Crippen MR) is 52.1 cm³/mol. The second-order valence-corrected chi connectivity index (χ2v) is 5.32. The van der Waals surface area contributed by atoms with Crippen molar-refractivity contribution >= 4 is 21.3 Å². The molecule has 1 rings (SSSR count). The number of nitrogens with zero attached hydrogens (tertiary/aromatic N) is 1. The van der Waals surface area contributed by atoms with E-state index in [4.69, 9.17) is 11.6 Å². The van der Waals surface area contributed by atoms with Crippen molar-refractivity contribution in [3.05, 3.63) is 29.3 Å². The van der Waals surface area contributed by atoms with Crippen LogP contribution in [0.25, 0.3) is 0 Å². The number of benzene rings is 1. The summed E-state index contributed by atoms with van der Waals surface area (Å²) < 4.78 is 15.5. The summed E-state index contributed by atoms with van der Waals surface area (Å²) in [7, 11) is -0.685. The number of hydrogen-bond donors (Lipinski definition) is 0. The van der Waals surface area contributed by atoms with E-state index in [1.165, 1.54) is 0 Å². The summed E-state index contributed by atoms with van der Waals surface area (Å²) in [6.07, 6.45) is 1.60. The molecule has 0 aliphatic heterocycles. The van der Waals surface area contributed by atoms with Crippen LogP contribution in [0.5, 0.6) is 0 Å². The minimum absolute atomic E-state index is 0.589. The van der Waals surface area contributed by atoms with E-state index in [1.54, 1.807) is 37.6 Å². The van der Waals surface area contributed by atoms with Crippen LogP contribution in [0.4, 0.5) is 0 Å². The fourth-order valence-electron chi connectivity index (χ4n) is 0.808. The Kier molecular flexibility index (Phi) is 2.75. The van der Waals surface area contributed by atoms with Crippen molar-refractivity contribution in [1.82, 2.24) is 0 Å². The van der Waals surface area contributed by atoms with E-state index in [-0.39, 0.29) is 0 Å². The minimum Gasteiger partial charge on any atom is -0.245 e. The first kappa shape index (κ1) is 9.55. The predicted octanol–water partition coefficient (Wildman–Crippen LogP) is 2.43. The molecule has 66 valence electrons. The summed E-state index contributed by atoms with van der Waals surface area (Å²) in [5.74, 6) is 0. The zero-order valence-electron chi connectivity index (χ0n) is 6.95. The third-order valence-corrected chi connectivity index (χ3v) is 3.64. The van der Waals surface area contributed by atoms with Gasteiger partial charge in [0.1, 0.15) is 0 Å². The van der Waals surface area contributed by atoms with Crippen molar-refractivity contribution in [2.45, 2.75) is 4.90 Å². The lowest BCUT2D eigenvalue weighted by Gasteiger charge is -2.02. The van der Waals surface area contributed by atoms with E-state index in [0.29, 0.717) is 9.92 Å². The molecule has 4 heteroatoms. The van der Waals surface area contributed by atoms with Crippen LogP contribution in [-0.2, 0) is 9.73 Å². The van der Waals surface area contributed by atoms with Gasteiger partial charge in [0.05, 0.1) is 9.73 Å². The molecule has 12 heavy (non-hydrogen) atoms. The molecule has 0 spiro atoms. The van der Waals surface area contributed by atoms with Gasteiger partial charge in [-0.05, 0) is 18.2 Å². The Hall–Kier alpha value is -0.540. The van der Waals surface area contributed by atoms with Crippen LogP contribution in [0.15, 0.2) is 33.5 Å². The summed E-state index contributed by atoms with van der Waals surface area (Å²) >= 11 is 5.74. The lowest BCUT2D eigenvalue weighted by Crippen LogP contribution is -1.96. The van der Waals surface area contributed by atoms with E-state index >= 15 is 0 Å². The monoisotopic (exact) mass is 203 g/mol. The first-order chi connectivity index (χ1) is 5.56. The molecule has 0 aliphatic carbocycles. The van der Waals surface area contributed by atoms with Crippen LogP contribution < -0.4 is 0 Å². The van der Waals surface area contributed by atoms with Crippen molar-refractivity contribution in [1.29, 1.82) is 0 Å². The molecule has 0 unspecified atom stereocenters. The Bertz CT molecular complexity index is 394. The maximum atomic E-state index is 11.7. The second kappa shape index (κ2) is 3.46. The smallest absolute Gasteiger partial charge is 0.0720 e. The molecule has 0 bridgehead atoms. The third-order valence-electron chi connectivity index (χ3n) is 1.58. The van der Waals surface area contributed by atoms with Crippen LogP contribution >= 0.6 is 11.6 Å². The molecule has 0 aromatic heterocycles. The van der Waals surface area contributed by atoms with Gasteiger partial charge < -0.3 is 0 Å². The normalized spacial score (nSPS) is 15.2. The Morgan fingerprint density at radius 3 is 2.67 bits per heavy atom. The molecule has 0 saturated heterocycles. The molecule has 0 N–H and O–H groups in total. The molecule has 2 nitrogen and oxygen atoms in total. The van der Waals surface area contributed by atoms with E-state index < -0.39 is 9.73 Å². The van der Waals surface area contributed by atoms with Crippen molar-refractivity contribution in [2.75, 3.05) is 13.3 Å². The highest BCUT2D eigenvalue weighted by atomic mass is 35.5. The van der Waals surface area contributed by atoms with E-state index in [0.717, 1.165) is 0 Å². The van der Waals surface area contributed by atoms with Gasteiger partial charge in [-0.25, -0.2) is 8.57 Å². The van der Waals surface area contributed by atoms with Gasteiger partial charge in [0.15, 0.2) is 0 Å². The maximum absolute atomic E-state index is 11.7. The molecule has 1 atom stereocenters. The van der Waals surface area contributed by atoms with Crippen molar-refractivity contribution in [2.24, 2.45) is 4.36 Å². The average Bonchev–Trinajstić information content (AvgIpc) is 2.05. The third kappa shape index (κ3) is 1.99. The van der Waals surface area contributed by atoms with Crippen molar-refractivity contribution in [3.8, 4) is 0 Å². The second-order valence-electron chi connectivity index (χ2n) is 2.44. The van der Waals surface area contributed by atoms with Gasteiger partial charge in [0, 0.05) is 23.2 Å². The summed E-state index contributed by atoms with van der Waals surface area (Å²) in [6.45, 7) is 0. The fraction of sp³-hybridized carbons (Fsp3) is 0.250. The van der Waals surface area contributed by atoms with Gasteiger partial charge in [-0.1, -0.05) is 17.7 Å². The van der Waals surface area contributed by atoms with Crippen LogP contribution in [-0.4, -0.2) is 17.5 Å². The summed E-state index contributed by atoms with van der Waals surface area (Å²) in [5.41, 5.74) is 0. The average molecular weight is 204 g/mol. The molecule has 0 aliphatic rings. The zero-order valence-corrected chi connectivity index (χ0v) is 8.52. The molecule has 0 heterocycles. The first-order valence-electron chi connectivity index (χ1n) is 3.42. The van der Waals surface area contributed by atoms with E-state index in [1.807, 2.05) is 0 Å². The Morgan fingerprint density at radius 2 is 2.17 bits per heavy atom. The highest BCUT2D eigenvalue weighted by Gasteiger charge is 2.03. The Morgan fingerprint density at radius 1 is 1.50 bits per heavy atom. The molecular formula is C8H10ClNOS. The lowest BCUT2D eigenvalue weighted by molar-refractivity contribution is 0.680. The summed E-state index contributed by atoms with van der Waals surface area (Å²) in [6, 6.07) is 6.96. The van der Waals surface area contributed by atoms with Crippen LogP contribution in [0, 0.1) is 0 Å². The largest absolute Gasteiger partial charge is 0.245 e. The molecule has 0 amide bonds. The molecule has 0 fully saturated rings. The van der Waals surface area contributed by atoms with Crippen molar-refractivity contribution in [3.63, 3.8) is 0 Å². The van der Waals surface area contributed by atoms with Gasteiger partial charge in [-0.2, -0.15) is 0 Å². The first-order valence-corrected chi connectivity index (χ1v) is 5.72. The summed E-state index contributed by atoms with van der Waals surface area (Å²) in [4.78, 5) is 0.678. The highest BCUT2D eigenvalue weighted by Crippen LogP contribution is 2.16. The van der Waals surface area contributed by atoms with E-state index in [9.17, 15) is 4.21 Å². The molecule has 1 aromatic carbocycles. The maximum Gasteiger partial charge on any atom is 0.0720 e. The van der Waals surface area contributed by atoms with Gasteiger partial charge in [-0.3, -0.25) is 0 Å². The lowest BCUT2D eigenvalue weighted by atomic mass is 10.4. The Balaban J connectivity index is 3.31. The van der Waals surface area contributed by atoms with Crippen molar-refractivity contribution < 1.29 is 4.21 Å². The Labute approximate surface area is 77.7 Å². The van der Waals surface area contributed by atoms with Gasteiger partial charge in [0.2, 0.25) is 0 Å². The standard InChI is InChI=1S/C8H10ClNOS/c1-10-12(2,11)8-5-3-4-7(9)6-8/h3-6H,1-2H3/t12-/m1/s1. The van der Waals surface area contributed by atoms with Crippen LogP contribution in [0.2, 0.25) is 5.02 Å². The zero-order chi connectivity index (χ0) is 9.19. The van der Waals surface area contributed by atoms with Gasteiger partial charge >= 0.3 is 0 Å². The van der Waals surface area contributed by atoms with E-state index in [2.05, 4.69) is 4.36 Å². The number of hydrogen-bond acceptors (Lipinski definition) is 2. The minimum atomic E-state index is -2.23. The number of rotatable bonds is 1. The topological polar surface area (TPSA) is 29.4 Å².